The molecule has 1 N–H and O–H groups in total. The van der Waals surface area contributed by atoms with Crippen molar-refractivity contribution in [1.29, 1.82) is 0 Å². The average molecular weight is 483 g/mol. The Morgan fingerprint density at radius 1 is 1.18 bits per heavy atom. The van der Waals surface area contributed by atoms with Crippen LogP contribution in [0.3, 0.4) is 0 Å². The van der Waals surface area contributed by atoms with Crippen molar-refractivity contribution < 1.29 is 13.6 Å². The molecule has 8 heteroatoms. The zero-order valence-electron chi connectivity index (χ0n) is 19.7. The summed E-state index contributed by atoms with van der Waals surface area (Å²) in [4.78, 5) is 21.8. The number of likely N-dealkylation sites (N-methyl/N-ethyl adjacent to an activating group) is 1. The molecule has 1 unspecified atom stereocenters. The lowest BCUT2D eigenvalue weighted by Crippen LogP contribution is -2.46. The Hall–Kier alpha value is -2.84. The molecule has 1 fully saturated rings. The Bertz CT molecular complexity index is 1080. The van der Waals surface area contributed by atoms with Crippen LogP contribution in [-0.2, 0) is 10.5 Å². The number of piperazine rings is 1. The normalized spacial score (nSPS) is 15.3. The summed E-state index contributed by atoms with van der Waals surface area (Å²) < 4.78 is 19.6. The number of rotatable bonds is 9. The van der Waals surface area contributed by atoms with Crippen LogP contribution in [0.15, 0.2) is 59.2 Å². The highest BCUT2D eigenvalue weighted by Crippen LogP contribution is 2.28. The van der Waals surface area contributed by atoms with E-state index in [1.165, 1.54) is 17.8 Å². The summed E-state index contributed by atoms with van der Waals surface area (Å²) in [5, 5.41) is 3.03. The predicted octanol–water partition coefficient (Wildman–Crippen LogP) is 4.73. The SMILES string of the molecule is CCN1CCN(c2ccc(F)cc2C(C)NC(=O)CSCc2coc(-c3ccccc3)n2)CC1. The van der Waals surface area contributed by atoms with Gasteiger partial charge in [-0.2, -0.15) is 0 Å². The monoisotopic (exact) mass is 482 g/mol. The minimum Gasteiger partial charge on any atom is -0.444 e. The molecule has 2 heterocycles. The predicted molar refractivity (Wildman–Crippen MR) is 135 cm³/mol. The number of nitrogens with zero attached hydrogens (tertiary/aromatic N) is 3. The molecule has 6 nitrogen and oxygen atoms in total. The molecule has 4 rings (SSSR count). The average Bonchev–Trinajstić information content (AvgIpc) is 3.33. The molecule has 1 aliphatic rings. The van der Waals surface area contributed by atoms with Crippen LogP contribution in [0.5, 0.6) is 0 Å². The number of thioether (sulfide) groups is 1. The van der Waals surface area contributed by atoms with E-state index in [1.807, 2.05) is 43.3 Å². The summed E-state index contributed by atoms with van der Waals surface area (Å²) in [5.41, 5.74) is 3.52. The minimum absolute atomic E-state index is 0.0877. The number of halogens is 1. The summed E-state index contributed by atoms with van der Waals surface area (Å²) in [6.45, 7) is 8.87. The first-order valence-corrected chi connectivity index (χ1v) is 12.8. The van der Waals surface area contributed by atoms with Gasteiger partial charge in [0.2, 0.25) is 11.8 Å². The molecule has 2 aromatic carbocycles. The van der Waals surface area contributed by atoms with Gasteiger partial charge in [0.15, 0.2) is 0 Å². The lowest BCUT2D eigenvalue weighted by atomic mass is 10.0. The minimum atomic E-state index is -0.292. The first-order valence-electron chi connectivity index (χ1n) is 11.7. The third-order valence-electron chi connectivity index (χ3n) is 6.05. The fourth-order valence-corrected chi connectivity index (χ4v) is 4.87. The highest BCUT2D eigenvalue weighted by atomic mass is 32.2. The maximum atomic E-state index is 14.1. The summed E-state index contributed by atoms with van der Waals surface area (Å²) in [6.07, 6.45) is 1.63. The number of benzene rings is 2. The van der Waals surface area contributed by atoms with E-state index >= 15 is 0 Å². The molecule has 1 amide bonds. The quantitative estimate of drug-likeness (QED) is 0.476. The van der Waals surface area contributed by atoms with Gasteiger partial charge in [0.1, 0.15) is 12.1 Å². The van der Waals surface area contributed by atoms with Crippen molar-refractivity contribution in [2.45, 2.75) is 25.6 Å². The van der Waals surface area contributed by atoms with Gasteiger partial charge in [0.25, 0.3) is 0 Å². The fourth-order valence-electron chi connectivity index (χ4n) is 4.16. The molecule has 1 atom stereocenters. The third-order valence-corrected chi connectivity index (χ3v) is 7.02. The van der Waals surface area contributed by atoms with Gasteiger partial charge in [-0.3, -0.25) is 4.79 Å². The number of hydrogen-bond donors (Lipinski definition) is 1. The molecule has 180 valence electrons. The highest BCUT2D eigenvalue weighted by Gasteiger charge is 2.22. The molecule has 0 radical (unpaired) electrons. The van der Waals surface area contributed by atoms with Crippen LogP contribution >= 0.6 is 11.8 Å². The topological polar surface area (TPSA) is 61.6 Å². The number of carbonyl (C=O) groups is 1. The van der Waals surface area contributed by atoms with E-state index in [-0.39, 0.29) is 23.5 Å². The van der Waals surface area contributed by atoms with Gasteiger partial charge in [-0.05, 0) is 43.8 Å². The maximum absolute atomic E-state index is 14.1. The van der Waals surface area contributed by atoms with Gasteiger partial charge in [-0.25, -0.2) is 9.37 Å². The van der Waals surface area contributed by atoms with Crippen LogP contribution in [0.1, 0.15) is 31.1 Å². The molecule has 1 aliphatic heterocycles. The number of oxazole rings is 1. The number of amides is 1. The van der Waals surface area contributed by atoms with Crippen LogP contribution in [0.4, 0.5) is 10.1 Å². The number of anilines is 1. The van der Waals surface area contributed by atoms with Gasteiger partial charge < -0.3 is 19.5 Å². The molecule has 34 heavy (non-hydrogen) atoms. The lowest BCUT2D eigenvalue weighted by molar-refractivity contribution is -0.119. The number of nitrogens with one attached hydrogen (secondary N) is 1. The van der Waals surface area contributed by atoms with Crippen molar-refractivity contribution >= 4 is 23.4 Å². The molecule has 1 aromatic heterocycles. The molecular formula is C26H31FN4O2S. The van der Waals surface area contributed by atoms with E-state index in [0.29, 0.717) is 11.6 Å². The molecule has 1 saturated heterocycles. The van der Waals surface area contributed by atoms with Gasteiger partial charge in [0, 0.05) is 48.7 Å². The molecule has 0 spiro atoms. The van der Waals surface area contributed by atoms with Crippen molar-refractivity contribution in [1.82, 2.24) is 15.2 Å². The second-order valence-corrected chi connectivity index (χ2v) is 9.40. The van der Waals surface area contributed by atoms with E-state index < -0.39 is 0 Å². The molecule has 3 aromatic rings. The van der Waals surface area contributed by atoms with E-state index in [9.17, 15) is 9.18 Å². The summed E-state index contributed by atoms with van der Waals surface area (Å²) in [6, 6.07) is 14.3. The Labute approximate surface area is 204 Å². The van der Waals surface area contributed by atoms with Crippen molar-refractivity contribution in [3.05, 3.63) is 71.9 Å². The highest BCUT2D eigenvalue weighted by molar-refractivity contribution is 7.99. The van der Waals surface area contributed by atoms with Crippen molar-refractivity contribution in [3.63, 3.8) is 0 Å². The van der Waals surface area contributed by atoms with Gasteiger partial charge in [-0.1, -0.05) is 25.1 Å². The zero-order chi connectivity index (χ0) is 23.9. The second-order valence-electron chi connectivity index (χ2n) is 8.42. The van der Waals surface area contributed by atoms with Crippen LogP contribution in [0, 0.1) is 5.82 Å². The standard InChI is InChI=1S/C26H31FN4O2S/c1-3-30-11-13-31(14-12-30)24-10-9-21(27)15-23(24)19(2)28-25(32)18-34-17-22-16-33-26(29-22)20-7-5-4-6-8-20/h4-10,15-16,19H,3,11-14,17-18H2,1-2H3,(H,28,32). The first-order chi connectivity index (χ1) is 16.5. The van der Waals surface area contributed by atoms with Crippen LogP contribution in [-0.4, -0.2) is 54.3 Å². The van der Waals surface area contributed by atoms with E-state index in [4.69, 9.17) is 4.42 Å². The van der Waals surface area contributed by atoms with E-state index in [0.717, 1.165) is 55.2 Å². The van der Waals surface area contributed by atoms with Crippen LogP contribution < -0.4 is 10.2 Å². The molecule has 0 saturated carbocycles. The largest absolute Gasteiger partial charge is 0.444 e. The number of carbonyl (C=O) groups excluding carboxylic acids is 1. The Morgan fingerprint density at radius 3 is 2.68 bits per heavy atom. The lowest BCUT2D eigenvalue weighted by Gasteiger charge is -2.37. The van der Waals surface area contributed by atoms with Crippen molar-refractivity contribution in [3.8, 4) is 11.5 Å². The summed E-state index contributed by atoms with van der Waals surface area (Å²) >= 11 is 1.47. The fraction of sp³-hybridized carbons (Fsp3) is 0.385. The second kappa shape index (κ2) is 11.5. The Balaban J connectivity index is 1.31. The number of aromatic nitrogens is 1. The first kappa shape index (κ1) is 24.3. The van der Waals surface area contributed by atoms with Crippen molar-refractivity contribution in [2.75, 3.05) is 43.4 Å². The van der Waals surface area contributed by atoms with Crippen LogP contribution in [0.2, 0.25) is 0 Å². The number of hydrogen-bond acceptors (Lipinski definition) is 6. The van der Waals surface area contributed by atoms with Crippen LogP contribution in [0.25, 0.3) is 11.5 Å². The van der Waals surface area contributed by atoms with Gasteiger partial charge in [-0.15, -0.1) is 11.8 Å². The third kappa shape index (κ3) is 6.18. The molecule has 0 aliphatic carbocycles. The Kier molecular flexibility index (Phi) is 8.24. The summed E-state index contributed by atoms with van der Waals surface area (Å²) in [5.74, 6) is 1.06. The maximum Gasteiger partial charge on any atom is 0.230 e. The molecule has 0 bridgehead atoms. The summed E-state index contributed by atoms with van der Waals surface area (Å²) in [7, 11) is 0. The Morgan fingerprint density at radius 2 is 1.94 bits per heavy atom. The van der Waals surface area contributed by atoms with Gasteiger partial charge in [0.05, 0.1) is 17.5 Å². The van der Waals surface area contributed by atoms with Crippen molar-refractivity contribution in [2.24, 2.45) is 0 Å². The van der Waals surface area contributed by atoms with E-state index in [1.54, 1.807) is 12.3 Å². The molecular weight excluding hydrogens is 451 g/mol. The van der Waals surface area contributed by atoms with E-state index in [2.05, 4.69) is 27.0 Å². The zero-order valence-corrected chi connectivity index (χ0v) is 20.5. The van der Waals surface area contributed by atoms with Gasteiger partial charge >= 0.3 is 0 Å². The smallest absolute Gasteiger partial charge is 0.230 e.